The van der Waals surface area contributed by atoms with E-state index in [1.54, 1.807) is 0 Å². The summed E-state index contributed by atoms with van der Waals surface area (Å²) in [6.07, 6.45) is -5.85. The number of amides is 2. The van der Waals surface area contributed by atoms with Gasteiger partial charge in [0.15, 0.2) is 17.2 Å². The molecule has 2 saturated heterocycles. The third-order valence-corrected chi connectivity index (χ3v) is 6.87. The number of halogens is 5. The van der Waals surface area contributed by atoms with Crippen LogP contribution < -0.4 is 11.1 Å². The van der Waals surface area contributed by atoms with Gasteiger partial charge in [-0.2, -0.15) is 13.2 Å². The molecule has 0 saturated carbocycles. The molecule has 13 heteroatoms. The second kappa shape index (κ2) is 9.95. The van der Waals surface area contributed by atoms with Crippen molar-refractivity contribution in [3.63, 3.8) is 0 Å². The van der Waals surface area contributed by atoms with Gasteiger partial charge in [-0.1, -0.05) is 13.0 Å². The molecule has 0 bridgehead atoms. The van der Waals surface area contributed by atoms with Gasteiger partial charge in [0.2, 0.25) is 0 Å². The SMILES string of the molecule is C[C@H]1[C@@H](c2ccc(F)c(F)c2COC2COC2)[C@H](C(=O)Nc2ccnc(C(N)=O)c2)O[C@@]1(C)C(F)(F)F. The fraction of sp³-hybridized carbons (Fsp3) is 0.458. The average Bonchev–Trinajstić information content (AvgIpc) is 3.08. The van der Waals surface area contributed by atoms with Crippen LogP contribution in [-0.2, 0) is 25.6 Å². The Morgan fingerprint density at radius 3 is 2.54 bits per heavy atom. The van der Waals surface area contributed by atoms with Crippen molar-refractivity contribution in [3.05, 3.63) is 58.9 Å². The fourth-order valence-corrected chi connectivity index (χ4v) is 4.46. The zero-order chi connectivity index (χ0) is 27.1. The second-order valence-electron chi connectivity index (χ2n) is 9.14. The minimum absolute atomic E-state index is 0.0308. The first kappa shape index (κ1) is 26.9. The standard InChI is InChI=1S/C24H24F5N3O5/c1-11-18(14-3-4-16(25)19(26)15(14)10-36-13-8-35-9-13)20(37-23(11,2)24(27,28)29)22(34)32-12-5-6-31-17(7-12)21(30)33/h3-7,11,13,18,20H,8-10H2,1-2H3,(H2,30,33)(H,31,32,34)/t11-,18-,20+,23+/m0/s1. The van der Waals surface area contributed by atoms with Crippen molar-refractivity contribution in [3.8, 4) is 0 Å². The highest BCUT2D eigenvalue weighted by molar-refractivity contribution is 5.97. The molecule has 0 spiro atoms. The summed E-state index contributed by atoms with van der Waals surface area (Å²) in [4.78, 5) is 28.4. The number of nitrogens with two attached hydrogens (primary N) is 1. The smallest absolute Gasteiger partial charge is 0.376 e. The van der Waals surface area contributed by atoms with Gasteiger partial charge in [0.05, 0.1) is 19.8 Å². The van der Waals surface area contributed by atoms with Crippen LogP contribution in [0.3, 0.4) is 0 Å². The lowest BCUT2D eigenvalue weighted by Gasteiger charge is -2.32. The van der Waals surface area contributed by atoms with Crippen molar-refractivity contribution in [2.24, 2.45) is 11.7 Å². The van der Waals surface area contributed by atoms with E-state index in [0.29, 0.717) is 0 Å². The second-order valence-corrected chi connectivity index (χ2v) is 9.14. The summed E-state index contributed by atoms with van der Waals surface area (Å²) in [5.41, 5.74) is 1.89. The number of aromatic nitrogens is 1. The molecular weight excluding hydrogens is 505 g/mol. The Kier molecular flexibility index (Phi) is 7.23. The molecule has 3 N–H and O–H groups in total. The number of hydrogen-bond donors (Lipinski definition) is 2. The Morgan fingerprint density at radius 2 is 1.95 bits per heavy atom. The summed E-state index contributed by atoms with van der Waals surface area (Å²) in [6.45, 7) is 2.07. The first-order valence-corrected chi connectivity index (χ1v) is 11.3. The molecule has 0 unspecified atom stereocenters. The van der Waals surface area contributed by atoms with Gasteiger partial charge in [0.1, 0.15) is 17.9 Å². The molecule has 0 aliphatic carbocycles. The summed E-state index contributed by atoms with van der Waals surface area (Å²) in [6, 6.07) is 4.37. The minimum Gasteiger partial charge on any atom is -0.376 e. The molecule has 2 aliphatic heterocycles. The number of carbonyl (C=O) groups is 2. The van der Waals surface area contributed by atoms with E-state index in [2.05, 4.69) is 10.3 Å². The van der Waals surface area contributed by atoms with Gasteiger partial charge in [0.25, 0.3) is 11.8 Å². The third kappa shape index (κ3) is 5.03. The Morgan fingerprint density at radius 1 is 1.24 bits per heavy atom. The number of primary amides is 1. The van der Waals surface area contributed by atoms with Crippen molar-refractivity contribution < 1.29 is 45.8 Å². The van der Waals surface area contributed by atoms with Crippen LogP contribution in [0, 0.1) is 17.6 Å². The Labute approximate surface area is 208 Å². The van der Waals surface area contributed by atoms with Crippen LogP contribution in [0.15, 0.2) is 30.5 Å². The number of nitrogens with one attached hydrogen (secondary N) is 1. The molecule has 3 heterocycles. The van der Waals surface area contributed by atoms with Gasteiger partial charge in [-0.3, -0.25) is 14.6 Å². The Balaban J connectivity index is 1.74. The molecule has 2 amide bonds. The van der Waals surface area contributed by atoms with Gasteiger partial charge in [-0.15, -0.1) is 0 Å². The number of ether oxygens (including phenoxy) is 3. The van der Waals surface area contributed by atoms with E-state index in [-0.39, 0.29) is 41.8 Å². The normalized spacial score (nSPS) is 26.1. The van der Waals surface area contributed by atoms with E-state index >= 15 is 0 Å². The van der Waals surface area contributed by atoms with E-state index in [1.165, 1.54) is 19.2 Å². The zero-order valence-corrected chi connectivity index (χ0v) is 19.8. The largest absolute Gasteiger partial charge is 0.417 e. The molecular formula is C24H24F5N3O5. The summed E-state index contributed by atoms with van der Waals surface area (Å²) in [5, 5.41) is 2.41. The van der Waals surface area contributed by atoms with E-state index in [0.717, 1.165) is 25.1 Å². The lowest BCUT2D eigenvalue weighted by Crippen LogP contribution is -2.47. The molecule has 1 aromatic carbocycles. The number of benzene rings is 1. The minimum atomic E-state index is -4.89. The predicted molar refractivity (Wildman–Crippen MR) is 118 cm³/mol. The van der Waals surface area contributed by atoms with Crippen LogP contribution in [0.2, 0.25) is 0 Å². The molecule has 4 atom stereocenters. The van der Waals surface area contributed by atoms with Gasteiger partial charge in [-0.05, 0) is 30.7 Å². The average molecular weight is 529 g/mol. The van der Waals surface area contributed by atoms with Crippen LogP contribution in [0.5, 0.6) is 0 Å². The molecule has 0 radical (unpaired) electrons. The fourth-order valence-electron chi connectivity index (χ4n) is 4.46. The van der Waals surface area contributed by atoms with Crippen LogP contribution >= 0.6 is 0 Å². The van der Waals surface area contributed by atoms with Crippen LogP contribution in [0.1, 0.15) is 41.4 Å². The van der Waals surface area contributed by atoms with Crippen molar-refractivity contribution in [1.82, 2.24) is 4.98 Å². The molecule has 2 aromatic rings. The van der Waals surface area contributed by atoms with E-state index in [1.807, 2.05) is 0 Å². The topological polar surface area (TPSA) is 113 Å². The molecule has 2 aliphatic rings. The number of hydrogen-bond acceptors (Lipinski definition) is 6. The van der Waals surface area contributed by atoms with Crippen LogP contribution in [-0.4, -0.2) is 54.0 Å². The molecule has 8 nitrogen and oxygen atoms in total. The summed E-state index contributed by atoms with van der Waals surface area (Å²) >= 11 is 0. The van der Waals surface area contributed by atoms with Crippen molar-refractivity contribution in [1.29, 1.82) is 0 Å². The molecule has 1 aromatic heterocycles. The number of rotatable bonds is 7. The van der Waals surface area contributed by atoms with E-state index in [4.69, 9.17) is 19.9 Å². The van der Waals surface area contributed by atoms with Gasteiger partial charge >= 0.3 is 6.18 Å². The third-order valence-electron chi connectivity index (χ3n) is 6.87. The number of carbonyl (C=O) groups excluding carboxylic acids is 2. The van der Waals surface area contributed by atoms with Crippen molar-refractivity contribution in [2.45, 2.75) is 50.4 Å². The highest BCUT2D eigenvalue weighted by Crippen LogP contribution is 2.54. The monoisotopic (exact) mass is 529 g/mol. The van der Waals surface area contributed by atoms with Crippen LogP contribution in [0.4, 0.5) is 27.6 Å². The lowest BCUT2D eigenvalue weighted by atomic mass is 9.76. The highest BCUT2D eigenvalue weighted by atomic mass is 19.4. The molecule has 4 rings (SSSR count). The molecule has 37 heavy (non-hydrogen) atoms. The highest BCUT2D eigenvalue weighted by Gasteiger charge is 2.65. The Hall–Kier alpha value is -3.16. The first-order chi connectivity index (χ1) is 17.3. The number of pyridine rings is 1. The van der Waals surface area contributed by atoms with Crippen molar-refractivity contribution in [2.75, 3.05) is 18.5 Å². The van der Waals surface area contributed by atoms with E-state index < -0.39 is 59.8 Å². The van der Waals surface area contributed by atoms with Crippen LogP contribution in [0.25, 0.3) is 0 Å². The quantitative estimate of drug-likeness (QED) is 0.532. The maximum Gasteiger partial charge on any atom is 0.417 e. The summed E-state index contributed by atoms with van der Waals surface area (Å²) < 4.78 is 87.4. The maximum atomic E-state index is 14.9. The van der Waals surface area contributed by atoms with Crippen molar-refractivity contribution >= 4 is 17.5 Å². The van der Waals surface area contributed by atoms with Gasteiger partial charge < -0.3 is 25.3 Å². The molecule has 2 fully saturated rings. The van der Waals surface area contributed by atoms with Gasteiger partial charge in [-0.25, -0.2) is 8.78 Å². The number of alkyl halides is 3. The number of nitrogens with zero attached hydrogens (tertiary/aromatic N) is 1. The van der Waals surface area contributed by atoms with Gasteiger partial charge in [0, 0.05) is 29.3 Å². The first-order valence-electron chi connectivity index (χ1n) is 11.3. The molecule has 200 valence electrons. The maximum absolute atomic E-state index is 14.9. The van der Waals surface area contributed by atoms with E-state index in [9.17, 15) is 31.5 Å². The summed E-state index contributed by atoms with van der Waals surface area (Å²) in [7, 11) is 0. The Bertz CT molecular complexity index is 1210. The number of anilines is 1. The predicted octanol–water partition coefficient (Wildman–Crippen LogP) is 3.45. The zero-order valence-electron chi connectivity index (χ0n) is 19.8. The lowest BCUT2D eigenvalue weighted by molar-refractivity contribution is -0.272. The summed E-state index contributed by atoms with van der Waals surface area (Å²) in [5.74, 6) is -7.10.